The van der Waals surface area contributed by atoms with Crippen LogP contribution in [0.2, 0.25) is 12.0 Å². The van der Waals surface area contributed by atoms with Crippen molar-refractivity contribution in [3.05, 3.63) is 60.7 Å². The molecule has 1 saturated heterocycles. The molecule has 0 bridgehead atoms. The van der Waals surface area contributed by atoms with Gasteiger partial charge in [0.2, 0.25) is 0 Å². The molecule has 2 aromatic carbocycles. The fourth-order valence-electron chi connectivity index (χ4n) is 4.88. The molecule has 168 valence electrons. The van der Waals surface area contributed by atoms with E-state index in [-0.39, 0.29) is 18.3 Å². The zero-order valence-electron chi connectivity index (χ0n) is 20.5. The van der Waals surface area contributed by atoms with E-state index >= 15 is 0 Å². The van der Waals surface area contributed by atoms with Gasteiger partial charge in [0.1, 0.15) is 8.07 Å². The molecular weight excluding hydrogens is 395 g/mol. The van der Waals surface area contributed by atoms with Gasteiger partial charge in [-0.3, -0.25) is 0 Å². The van der Waals surface area contributed by atoms with Crippen molar-refractivity contribution in [2.24, 2.45) is 0 Å². The highest BCUT2D eigenvalue weighted by molar-refractivity contribution is 7.07. The van der Waals surface area contributed by atoms with Crippen LogP contribution in [0.5, 0.6) is 0 Å². The molecule has 31 heavy (non-hydrogen) atoms. The second-order valence-corrected chi connectivity index (χ2v) is 14.7. The van der Waals surface area contributed by atoms with Gasteiger partial charge in [-0.1, -0.05) is 123 Å². The maximum atomic E-state index is 6.71. The topological polar surface area (TPSA) is 18.5 Å². The van der Waals surface area contributed by atoms with Crippen LogP contribution in [0.4, 0.5) is 0 Å². The Hall–Kier alpha value is -1.36. The smallest absolute Gasteiger partial charge is 0.403 e. The first-order chi connectivity index (χ1) is 14.7. The van der Waals surface area contributed by atoms with Crippen LogP contribution in [0, 0.1) is 0 Å². The van der Waals surface area contributed by atoms with Gasteiger partial charge in [0, 0.05) is 0 Å². The number of hydrogen-bond donors (Lipinski definition) is 0. The fourth-order valence-corrected chi connectivity index (χ4v) is 9.30. The van der Waals surface area contributed by atoms with Gasteiger partial charge in [-0.15, -0.1) is 0 Å². The predicted octanol–water partition coefficient (Wildman–Crippen LogP) is 6.24. The Bertz CT molecular complexity index is 751. The zero-order chi connectivity index (χ0) is 22.5. The summed E-state index contributed by atoms with van der Waals surface area (Å²) in [7, 11) is -2.31. The average molecular weight is 437 g/mol. The van der Waals surface area contributed by atoms with Crippen LogP contribution in [0.25, 0.3) is 0 Å². The summed E-state index contributed by atoms with van der Waals surface area (Å²) < 4.78 is 13.4. The Balaban J connectivity index is 2.01. The minimum atomic E-state index is -2.14. The van der Waals surface area contributed by atoms with Gasteiger partial charge in [0.15, 0.2) is 0 Å². The maximum absolute atomic E-state index is 6.71. The molecule has 1 heterocycles. The number of hydrogen-bond acceptors (Lipinski definition) is 2. The highest BCUT2D eigenvalue weighted by Gasteiger charge is 2.58. The fraction of sp³-hybridized carbons (Fsp3) is 0.556. The van der Waals surface area contributed by atoms with E-state index in [4.69, 9.17) is 9.31 Å². The summed E-state index contributed by atoms with van der Waals surface area (Å²) in [4.78, 5) is 0. The van der Waals surface area contributed by atoms with Crippen LogP contribution >= 0.6 is 0 Å². The molecule has 0 amide bonds. The summed E-state index contributed by atoms with van der Waals surface area (Å²) >= 11 is 0. The molecule has 1 aliphatic heterocycles. The van der Waals surface area contributed by atoms with Crippen molar-refractivity contribution in [1.29, 1.82) is 0 Å². The van der Waals surface area contributed by atoms with E-state index in [1.165, 1.54) is 42.5 Å². The Morgan fingerprint density at radius 2 is 1.19 bits per heavy atom. The van der Waals surface area contributed by atoms with Gasteiger partial charge < -0.3 is 9.31 Å². The summed E-state index contributed by atoms with van der Waals surface area (Å²) in [6.45, 7) is 13.5. The zero-order valence-corrected chi connectivity index (χ0v) is 21.5. The molecule has 1 aliphatic rings. The van der Waals surface area contributed by atoms with E-state index in [1.807, 2.05) is 0 Å². The van der Waals surface area contributed by atoms with E-state index in [2.05, 4.69) is 102 Å². The first kappa shape index (κ1) is 24.3. The van der Waals surface area contributed by atoms with Crippen LogP contribution in [0.1, 0.15) is 73.1 Å². The van der Waals surface area contributed by atoms with Crippen LogP contribution < -0.4 is 10.4 Å². The summed E-state index contributed by atoms with van der Waals surface area (Å²) in [5.74, 6) is 0. The minimum Gasteiger partial charge on any atom is -0.403 e. The standard InChI is InChI=1S/C27H41BO2Si/c1-7-8-9-10-17-22-25(28-29-26(2,3)27(4,5)30-28)31(6,23-18-13-11-14-19-23)24-20-15-12-16-21-24/h11-16,18-21,25H,7-10,17,22H2,1-6H3. The molecule has 1 atom stereocenters. The molecule has 2 nitrogen and oxygen atoms in total. The first-order valence-electron chi connectivity index (χ1n) is 12.2. The molecule has 0 aliphatic carbocycles. The third kappa shape index (κ3) is 5.18. The quantitative estimate of drug-likeness (QED) is 0.324. The summed E-state index contributed by atoms with van der Waals surface area (Å²) in [6.07, 6.45) is 7.60. The van der Waals surface area contributed by atoms with Gasteiger partial charge in [-0.2, -0.15) is 0 Å². The molecule has 0 N–H and O–H groups in total. The van der Waals surface area contributed by atoms with E-state index in [1.54, 1.807) is 0 Å². The molecule has 0 saturated carbocycles. The highest BCUT2D eigenvalue weighted by Crippen LogP contribution is 2.44. The van der Waals surface area contributed by atoms with E-state index in [0.717, 1.165) is 6.42 Å². The Labute approximate surface area is 191 Å². The van der Waals surface area contributed by atoms with Gasteiger partial charge >= 0.3 is 7.12 Å². The minimum absolute atomic E-state index is 0.173. The highest BCUT2D eigenvalue weighted by atomic mass is 28.3. The van der Waals surface area contributed by atoms with Crippen LogP contribution in [0.3, 0.4) is 0 Å². The predicted molar refractivity (Wildman–Crippen MR) is 137 cm³/mol. The maximum Gasteiger partial charge on any atom is 0.458 e. The van der Waals surface area contributed by atoms with Crippen LogP contribution in [-0.2, 0) is 9.31 Å². The van der Waals surface area contributed by atoms with Crippen molar-refractivity contribution in [1.82, 2.24) is 0 Å². The first-order valence-corrected chi connectivity index (χ1v) is 14.8. The largest absolute Gasteiger partial charge is 0.458 e. The van der Waals surface area contributed by atoms with Crippen molar-refractivity contribution >= 4 is 25.6 Å². The molecule has 3 rings (SSSR count). The monoisotopic (exact) mass is 436 g/mol. The van der Waals surface area contributed by atoms with E-state index < -0.39 is 8.07 Å². The number of rotatable bonds is 10. The van der Waals surface area contributed by atoms with Crippen molar-refractivity contribution in [2.45, 2.75) is 96.3 Å². The summed E-state index contributed by atoms with van der Waals surface area (Å²) in [5, 5.41) is 2.93. The molecule has 0 spiro atoms. The van der Waals surface area contributed by atoms with Crippen LogP contribution in [0.15, 0.2) is 60.7 Å². The van der Waals surface area contributed by atoms with E-state index in [0.29, 0.717) is 5.44 Å². The van der Waals surface area contributed by atoms with Crippen molar-refractivity contribution < 1.29 is 9.31 Å². The Kier molecular flexibility index (Phi) is 7.88. The average Bonchev–Trinajstić information content (AvgIpc) is 2.98. The third-order valence-corrected chi connectivity index (χ3v) is 12.8. The lowest BCUT2D eigenvalue weighted by Gasteiger charge is -2.38. The molecule has 0 aromatic heterocycles. The number of unbranched alkanes of at least 4 members (excludes halogenated alkanes) is 4. The number of benzene rings is 2. The van der Waals surface area contributed by atoms with Gasteiger partial charge in [0.05, 0.1) is 11.2 Å². The van der Waals surface area contributed by atoms with Gasteiger partial charge in [-0.25, -0.2) is 0 Å². The molecule has 1 fully saturated rings. The molecule has 4 heteroatoms. The lowest BCUT2D eigenvalue weighted by atomic mass is 9.80. The summed E-state index contributed by atoms with van der Waals surface area (Å²) in [5.41, 5.74) is -0.248. The van der Waals surface area contributed by atoms with E-state index in [9.17, 15) is 0 Å². The Morgan fingerprint density at radius 1 is 0.742 bits per heavy atom. The molecule has 1 unspecified atom stereocenters. The Morgan fingerprint density at radius 3 is 1.65 bits per heavy atom. The summed E-state index contributed by atoms with van der Waals surface area (Å²) in [6, 6.07) is 22.3. The second kappa shape index (κ2) is 10.1. The SMILES string of the molecule is CCCCCCCC(B1OC(C)(C)C(C)(C)O1)[Si](C)(c1ccccc1)c1ccccc1. The van der Waals surface area contributed by atoms with Gasteiger partial charge in [-0.05, 0) is 33.1 Å². The molecular formula is C27H41BO2Si. The molecule has 0 radical (unpaired) electrons. The third-order valence-electron chi connectivity index (χ3n) is 7.71. The second-order valence-electron chi connectivity index (χ2n) is 10.4. The lowest BCUT2D eigenvalue weighted by molar-refractivity contribution is 0.00578. The van der Waals surface area contributed by atoms with Crippen molar-refractivity contribution in [3.63, 3.8) is 0 Å². The molecule has 2 aromatic rings. The lowest BCUT2D eigenvalue weighted by Crippen LogP contribution is -2.62. The van der Waals surface area contributed by atoms with Crippen LogP contribution in [-0.4, -0.2) is 26.4 Å². The normalized spacial score (nSPS) is 18.8. The van der Waals surface area contributed by atoms with Crippen molar-refractivity contribution in [2.75, 3.05) is 0 Å². The van der Waals surface area contributed by atoms with Gasteiger partial charge in [0.25, 0.3) is 0 Å². The van der Waals surface area contributed by atoms with Crippen molar-refractivity contribution in [3.8, 4) is 0 Å².